The smallest absolute Gasteiger partial charge is 0.368 e. The first-order valence-corrected chi connectivity index (χ1v) is 10.2. The fraction of sp³-hybridized carbons (Fsp3) is 0.444. The zero-order valence-electron chi connectivity index (χ0n) is 14.7. The van der Waals surface area contributed by atoms with E-state index in [1.165, 1.54) is 18.3 Å². The molecular weight excluding hydrogens is 399 g/mol. The van der Waals surface area contributed by atoms with Gasteiger partial charge < -0.3 is 4.90 Å². The first-order chi connectivity index (χ1) is 12.8. The van der Waals surface area contributed by atoms with Crippen molar-refractivity contribution in [2.45, 2.75) is 30.7 Å². The molecule has 0 spiro atoms. The minimum Gasteiger partial charge on any atom is -0.368 e. The van der Waals surface area contributed by atoms with Crippen LogP contribution in [-0.4, -0.2) is 34.4 Å². The fourth-order valence-electron chi connectivity index (χ4n) is 3.16. The van der Waals surface area contributed by atoms with E-state index in [0.29, 0.717) is 10.9 Å². The Morgan fingerprint density at radius 3 is 2.78 bits per heavy atom. The summed E-state index contributed by atoms with van der Waals surface area (Å²) in [5.41, 5.74) is -0.908. The number of rotatable bonds is 3. The molecule has 0 bridgehead atoms. The third-order valence-electron chi connectivity index (χ3n) is 4.62. The summed E-state index contributed by atoms with van der Waals surface area (Å²) >= 11 is 8.09. The molecule has 4 nitrogen and oxygen atoms in total. The number of aromatic nitrogens is 2. The number of hydrogen-bond donors (Lipinski definition) is 0. The largest absolute Gasteiger partial charge is 0.416 e. The topological polar surface area (TPSA) is 38.1 Å². The van der Waals surface area contributed by atoms with Crippen LogP contribution in [0.5, 0.6) is 0 Å². The quantitative estimate of drug-likeness (QED) is 0.730. The highest BCUT2D eigenvalue weighted by Crippen LogP contribution is 2.31. The summed E-state index contributed by atoms with van der Waals surface area (Å²) in [6, 6.07) is 4.48. The summed E-state index contributed by atoms with van der Waals surface area (Å²) in [6.07, 6.45) is 2.22. The SMILES string of the molecule is CSC1CCCCN(c2cnn(-c3cccc(C(F)(F)F)c3)c(=O)c2Cl)C1. The van der Waals surface area contributed by atoms with E-state index >= 15 is 0 Å². The minimum absolute atomic E-state index is 0.0239. The van der Waals surface area contributed by atoms with E-state index in [-0.39, 0.29) is 10.7 Å². The van der Waals surface area contributed by atoms with Crippen molar-refractivity contribution in [2.24, 2.45) is 0 Å². The molecule has 9 heteroatoms. The molecule has 0 radical (unpaired) electrons. The van der Waals surface area contributed by atoms with Crippen LogP contribution in [0, 0.1) is 0 Å². The lowest BCUT2D eigenvalue weighted by Gasteiger charge is -2.26. The molecule has 1 unspecified atom stereocenters. The number of halogens is 4. The van der Waals surface area contributed by atoms with E-state index < -0.39 is 17.3 Å². The Labute approximate surface area is 164 Å². The Hall–Kier alpha value is -1.67. The van der Waals surface area contributed by atoms with Gasteiger partial charge in [-0.2, -0.15) is 34.7 Å². The number of thioether (sulfide) groups is 1. The summed E-state index contributed by atoms with van der Waals surface area (Å²) in [6.45, 7) is 1.53. The molecule has 0 saturated carbocycles. The molecule has 1 aromatic carbocycles. The Bertz CT molecular complexity index is 872. The van der Waals surface area contributed by atoms with E-state index in [2.05, 4.69) is 11.4 Å². The molecule has 1 aliphatic heterocycles. The van der Waals surface area contributed by atoms with Gasteiger partial charge in [-0.25, -0.2) is 0 Å². The van der Waals surface area contributed by atoms with E-state index in [0.717, 1.165) is 49.2 Å². The van der Waals surface area contributed by atoms with Crippen molar-refractivity contribution in [3.63, 3.8) is 0 Å². The van der Waals surface area contributed by atoms with Crippen molar-refractivity contribution in [3.8, 4) is 5.69 Å². The van der Waals surface area contributed by atoms with Crippen LogP contribution in [0.4, 0.5) is 18.9 Å². The van der Waals surface area contributed by atoms with Crippen molar-refractivity contribution in [3.05, 3.63) is 51.4 Å². The van der Waals surface area contributed by atoms with Gasteiger partial charge in [0.25, 0.3) is 5.56 Å². The lowest BCUT2D eigenvalue weighted by Crippen LogP contribution is -2.32. The van der Waals surface area contributed by atoms with Crippen molar-refractivity contribution in [1.29, 1.82) is 0 Å². The lowest BCUT2D eigenvalue weighted by atomic mass is 10.2. The normalized spacial score (nSPS) is 18.4. The Morgan fingerprint density at radius 1 is 1.30 bits per heavy atom. The number of hydrogen-bond acceptors (Lipinski definition) is 4. The highest BCUT2D eigenvalue weighted by Gasteiger charge is 2.31. The van der Waals surface area contributed by atoms with Crippen molar-refractivity contribution < 1.29 is 13.2 Å². The summed E-state index contributed by atoms with van der Waals surface area (Å²) < 4.78 is 39.7. The molecule has 27 heavy (non-hydrogen) atoms. The van der Waals surface area contributed by atoms with Gasteiger partial charge >= 0.3 is 6.18 Å². The summed E-state index contributed by atoms with van der Waals surface area (Å²) in [7, 11) is 0. The van der Waals surface area contributed by atoms with Crippen LogP contribution in [0.2, 0.25) is 5.02 Å². The van der Waals surface area contributed by atoms with Gasteiger partial charge in [0.05, 0.1) is 23.1 Å². The standard InChI is InChI=1S/C18H19ClF3N3OS/c1-27-14-7-2-3-8-24(11-14)15-10-23-25(17(26)16(15)19)13-6-4-5-12(9-13)18(20,21)22/h4-6,9-10,14H,2-3,7-8,11H2,1H3. The van der Waals surface area contributed by atoms with Gasteiger partial charge in [-0.1, -0.05) is 24.1 Å². The molecule has 146 valence electrons. The zero-order chi connectivity index (χ0) is 19.6. The second-order valence-corrected chi connectivity index (χ2v) is 7.92. The molecule has 0 N–H and O–H groups in total. The van der Waals surface area contributed by atoms with Crippen LogP contribution in [0.15, 0.2) is 35.3 Å². The van der Waals surface area contributed by atoms with Crippen molar-refractivity contribution in [1.82, 2.24) is 9.78 Å². The van der Waals surface area contributed by atoms with Crippen LogP contribution in [0.1, 0.15) is 24.8 Å². The van der Waals surface area contributed by atoms with Crippen LogP contribution < -0.4 is 10.5 Å². The maximum atomic E-state index is 12.9. The molecule has 2 heterocycles. The first-order valence-electron chi connectivity index (χ1n) is 8.54. The fourth-order valence-corrected chi connectivity index (χ4v) is 4.14. The predicted molar refractivity (Wildman–Crippen MR) is 103 cm³/mol. The molecule has 1 fully saturated rings. The molecular formula is C18H19ClF3N3OS. The van der Waals surface area contributed by atoms with Gasteiger partial charge in [-0.15, -0.1) is 0 Å². The number of nitrogens with zero attached hydrogens (tertiary/aromatic N) is 3. The van der Waals surface area contributed by atoms with Crippen LogP contribution in [0.25, 0.3) is 5.69 Å². The Kier molecular flexibility index (Phi) is 6.05. The highest BCUT2D eigenvalue weighted by molar-refractivity contribution is 7.99. The number of benzene rings is 1. The second kappa shape index (κ2) is 8.14. The molecule has 0 amide bonds. The van der Waals surface area contributed by atoms with E-state index in [9.17, 15) is 18.0 Å². The Morgan fingerprint density at radius 2 is 2.07 bits per heavy atom. The van der Waals surface area contributed by atoms with Crippen LogP contribution in [0.3, 0.4) is 0 Å². The highest BCUT2D eigenvalue weighted by atomic mass is 35.5. The lowest BCUT2D eigenvalue weighted by molar-refractivity contribution is -0.137. The summed E-state index contributed by atoms with van der Waals surface area (Å²) in [5, 5.41) is 4.51. The molecule has 0 aliphatic carbocycles. The van der Waals surface area contributed by atoms with Gasteiger partial charge in [0.2, 0.25) is 0 Å². The summed E-state index contributed by atoms with van der Waals surface area (Å²) in [5.74, 6) is 0. The van der Waals surface area contributed by atoms with E-state index in [1.54, 1.807) is 11.8 Å². The third kappa shape index (κ3) is 4.43. The van der Waals surface area contributed by atoms with Gasteiger partial charge in [0.1, 0.15) is 5.02 Å². The molecule has 1 saturated heterocycles. The number of anilines is 1. The molecule has 1 aromatic heterocycles. The summed E-state index contributed by atoms with van der Waals surface area (Å²) in [4.78, 5) is 14.7. The van der Waals surface area contributed by atoms with Gasteiger partial charge in [-0.05, 0) is 37.3 Å². The minimum atomic E-state index is -4.50. The second-order valence-electron chi connectivity index (χ2n) is 6.41. The average molecular weight is 418 g/mol. The van der Waals surface area contributed by atoms with Gasteiger partial charge in [0, 0.05) is 18.3 Å². The molecule has 2 aromatic rings. The van der Waals surface area contributed by atoms with Crippen LogP contribution >= 0.6 is 23.4 Å². The predicted octanol–water partition coefficient (Wildman–Crippen LogP) is 4.63. The zero-order valence-corrected chi connectivity index (χ0v) is 16.2. The first kappa shape index (κ1) is 20.1. The molecule has 1 aliphatic rings. The average Bonchev–Trinajstić information content (AvgIpc) is 2.89. The molecule has 1 atom stereocenters. The van der Waals surface area contributed by atoms with Gasteiger partial charge in [-0.3, -0.25) is 4.79 Å². The van der Waals surface area contributed by atoms with Crippen molar-refractivity contribution in [2.75, 3.05) is 24.2 Å². The third-order valence-corrected chi connectivity index (χ3v) is 6.03. The van der Waals surface area contributed by atoms with E-state index in [1.807, 2.05) is 4.90 Å². The van der Waals surface area contributed by atoms with E-state index in [4.69, 9.17) is 11.6 Å². The maximum Gasteiger partial charge on any atom is 0.416 e. The Balaban J connectivity index is 1.97. The maximum absolute atomic E-state index is 12.9. The monoisotopic (exact) mass is 417 g/mol. The molecule has 3 rings (SSSR count). The number of alkyl halides is 3. The van der Waals surface area contributed by atoms with Crippen LogP contribution in [-0.2, 0) is 6.18 Å². The van der Waals surface area contributed by atoms with Crippen molar-refractivity contribution >= 4 is 29.1 Å². The van der Waals surface area contributed by atoms with Gasteiger partial charge in [0.15, 0.2) is 0 Å².